The van der Waals surface area contributed by atoms with E-state index in [1.807, 2.05) is 30.3 Å². The third kappa shape index (κ3) is 3.82. The van der Waals surface area contributed by atoms with Crippen LogP contribution in [0, 0.1) is 19.3 Å². The lowest BCUT2D eigenvalue weighted by molar-refractivity contribution is -0.122. The molecule has 0 bridgehead atoms. The summed E-state index contributed by atoms with van der Waals surface area (Å²) in [6, 6.07) is 15.0. The Bertz CT molecular complexity index is 1350. The summed E-state index contributed by atoms with van der Waals surface area (Å²) in [5.74, 6) is 1.25. The highest BCUT2D eigenvalue weighted by molar-refractivity contribution is 6.40. The van der Waals surface area contributed by atoms with Gasteiger partial charge in [-0.1, -0.05) is 53.9 Å². The number of nitrogens with zero attached hydrogens (tertiary/aromatic N) is 1. The summed E-state index contributed by atoms with van der Waals surface area (Å²) in [6.07, 6.45) is 6.75. The third-order valence-corrected chi connectivity index (χ3v) is 5.28. The van der Waals surface area contributed by atoms with Crippen molar-refractivity contribution < 1.29 is 19.1 Å². The number of urea groups is 1. The molecule has 158 valence electrons. The second kappa shape index (κ2) is 8.58. The molecule has 1 aliphatic heterocycles. The molecular formula is C25H17ClN2O4. The zero-order valence-corrected chi connectivity index (χ0v) is 17.8. The first-order chi connectivity index (χ1) is 15.4. The van der Waals surface area contributed by atoms with Crippen molar-refractivity contribution in [2.75, 3.05) is 11.5 Å². The smallest absolute Gasteiger partial charge is 0.335 e. The minimum absolute atomic E-state index is 0.0149. The van der Waals surface area contributed by atoms with E-state index in [9.17, 15) is 14.4 Å². The van der Waals surface area contributed by atoms with Gasteiger partial charge in [-0.05, 0) is 47.5 Å². The van der Waals surface area contributed by atoms with Gasteiger partial charge in [0.1, 0.15) is 17.9 Å². The molecule has 3 aromatic rings. The first-order valence-corrected chi connectivity index (χ1v) is 10.0. The van der Waals surface area contributed by atoms with Gasteiger partial charge >= 0.3 is 6.03 Å². The van der Waals surface area contributed by atoms with Crippen molar-refractivity contribution in [3.05, 3.63) is 76.3 Å². The molecular weight excluding hydrogens is 428 g/mol. The van der Waals surface area contributed by atoms with Crippen molar-refractivity contribution in [1.82, 2.24) is 5.32 Å². The molecule has 6 nitrogen and oxygen atoms in total. The Morgan fingerprint density at radius 3 is 2.69 bits per heavy atom. The van der Waals surface area contributed by atoms with Crippen LogP contribution in [0.4, 0.5) is 10.5 Å². The molecule has 7 heteroatoms. The van der Waals surface area contributed by atoms with Gasteiger partial charge in [-0.25, -0.2) is 9.69 Å². The number of anilines is 1. The Hall–Kier alpha value is -4.08. The van der Waals surface area contributed by atoms with Crippen LogP contribution >= 0.6 is 11.6 Å². The molecule has 0 saturated carbocycles. The average Bonchev–Trinajstić information content (AvgIpc) is 2.77. The van der Waals surface area contributed by atoms with Gasteiger partial charge in [0.05, 0.1) is 5.69 Å². The standard InChI is InChI=1S/C25H17ClN2O4/c1-3-12-32-22-11-9-16-6-4-5-7-18(16)19(22)14-20-23(29)27-25(31)28(24(20)30)21-13-17(26)10-8-15(21)2/h1,4-11,13-14H,12H2,2H3,(H,27,29,31)/b20-14+. The fourth-order valence-electron chi connectivity index (χ4n) is 3.51. The number of amides is 4. The lowest BCUT2D eigenvalue weighted by Gasteiger charge is -2.27. The fourth-order valence-corrected chi connectivity index (χ4v) is 3.68. The lowest BCUT2D eigenvalue weighted by Crippen LogP contribution is -2.54. The van der Waals surface area contributed by atoms with E-state index >= 15 is 0 Å². The Morgan fingerprint density at radius 1 is 1.12 bits per heavy atom. The maximum Gasteiger partial charge on any atom is 0.335 e. The zero-order chi connectivity index (χ0) is 22.8. The van der Waals surface area contributed by atoms with E-state index < -0.39 is 17.8 Å². The van der Waals surface area contributed by atoms with Crippen LogP contribution in [0.1, 0.15) is 11.1 Å². The molecule has 0 spiro atoms. The summed E-state index contributed by atoms with van der Waals surface area (Å²) in [4.78, 5) is 39.5. The molecule has 0 radical (unpaired) electrons. The minimum atomic E-state index is -0.843. The highest BCUT2D eigenvalue weighted by Crippen LogP contribution is 2.33. The van der Waals surface area contributed by atoms with Crippen LogP contribution in [0.5, 0.6) is 5.75 Å². The molecule has 3 aromatic carbocycles. The second-order valence-electron chi connectivity index (χ2n) is 7.08. The summed E-state index contributed by atoms with van der Waals surface area (Å²) >= 11 is 6.08. The van der Waals surface area contributed by atoms with Crippen molar-refractivity contribution in [2.45, 2.75) is 6.92 Å². The zero-order valence-electron chi connectivity index (χ0n) is 17.0. The van der Waals surface area contributed by atoms with E-state index in [4.69, 9.17) is 22.8 Å². The predicted octanol–water partition coefficient (Wildman–Crippen LogP) is 4.48. The highest BCUT2D eigenvalue weighted by Gasteiger charge is 2.37. The average molecular weight is 445 g/mol. The van der Waals surface area contributed by atoms with Crippen molar-refractivity contribution in [2.24, 2.45) is 0 Å². The van der Waals surface area contributed by atoms with Gasteiger partial charge in [0, 0.05) is 10.6 Å². The fraction of sp³-hybridized carbons (Fsp3) is 0.0800. The first kappa shape index (κ1) is 21.2. The van der Waals surface area contributed by atoms with Crippen molar-refractivity contribution in [3.63, 3.8) is 0 Å². The Kier molecular flexibility index (Phi) is 5.67. The van der Waals surface area contributed by atoms with Crippen molar-refractivity contribution in [1.29, 1.82) is 0 Å². The molecule has 1 heterocycles. The Morgan fingerprint density at radius 2 is 1.91 bits per heavy atom. The Labute approximate surface area is 189 Å². The maximum absolute atomic E-state index is 13.3. The van der Waals surface area contributed by atoms with Gasteiger partial charge in [0.25, 0.3) is 11.8 Å². The number of hydrogen-bond donors (Lipinski definition) is 1. The second-order valence-corrected chi connectivity index (χ2v) is 7.52. The number of carbonyl (C=O) groups is 3. The van der Waals surface area contributed by atoms with Crippen LogP contribution in [0.25, 0.3) is 16.8 Å². The largest absolute Gasteiger partial charge is 0.480 e. The summed E-state index contributed by atoms with van der Waals surface area (Å²) < 4.78 is 5.65. The molecule has 0 aromatic heterocycles. The molecule has 4 rings (SSSR count). The number of ether oxygens (including phenoxy) is 1. The number of terminal acetylenes is 1. The van der Waals surface area contributed by atoms with E-state index in [2.05, 4.69) is 11.2 Å². The van der Waals surface area contributed by atoms with Crippen molar-refractivity contribution in [3.8, 4) is 18.1 Å². The molecule has 1 fully saturated rings. The minimum Gasteiger partial charge on any atom is -0.480 e. The van der Waals surface area contributed by atoms with Crippen LogP contribution < -0.4 is 15.0 Å². The van der Waals surface area contributed by atoms with Gasteiger partial charge in [0.15, 0.2) is 0 Å². The van der Waals surface area contributed by atoms with E-state index in [1.165, 1.54) is 12.1 Å². The van der Waals surface area contributed by atoms with Gasteiger partial charge in [-0.2, -0.15) is 0 Å². The number of halogens is 1. The molecule has 4 amide bonds. The van der Waals surface area contributed by atoms with E-state index in [0.29, 0.717) is 27.6 Å². The van der Waals surface area contributed by atoms with Gasteiger partial charge < -0.3 is 4.74 Å². The summed E-state index contributed by atoms with van der Waals surface area (Å²) in [6.45, 7) is 1.75. The van der Waals surface area contributed by atoms with E-state index in [1.54, 1.807) is 25.1 Å². The van der Waals surface area contributed by atoms with E-state index in [0.717, 1.165) is 15.7 Å². The molecule has 32 heavy (non-hydrogen) atoms. The highest BCUT2D eigenvalue weighted by atomic mass is 35.5. The SMILES string of the molecule is C#CCOc1ccc2ccccc2c1/C=C1\C(=O)NC(=O)N(c2cc(Cl)ccc2C)C1=O. The van der Waals surface area contributed by atoms with Crippen molar-refractivity contribution >= 4 is 52.0 Å². The number of hydrogen-bond acceptors (Lipinski definition) is 4. The number of aryl methyl sites for hydroxylation is 1. The number of barbiturate groups is 1. The summed E-state index contributed by atoms with van der Waals surface area (Å²) in [5.41, 5.74) is 1.23. The van der Waals surface area contributed by atoms with Gasteiger partial charge in [0.2, 0.25) is 0 Å². The number of fused-ring (bicyclic) bond motifs is 1. The lowest BCUT2D eigenvalue weighted by atomic mass is 9.99. The summed E-state index contributed by atoms with van der Waals surface area (Å²) in [5, 5.41) is 4.23. The summed E-state index contributed by atoms with van der Waals surface area (Å²) in [7, 11) is 0. The molecule has 0 unspecified atom stereocenters. The normalized spacial score (nSPS) is 15.1. The topological polar surface area (TPSA) is 75.7 Å². The number of benzene rings is 3. The number of imide groups is 2. The number of carbonyl (C=O) groups excluding carboxylic acids is 3. The van der Waals surface area contributed by atoms with Crippen LogP contribution in [0.3, 0.4) is 0 Å². The maximum atomic E-state index is 13.3. The first-order valence-electron chi connectivity index (χ1n) is 9.66. The van der Waals surface area contributed by atoms with E-state index in [-0.39, 0.29) is 12.2 Å². The molecule has 1 saturated heterocycles. The molecule has 1 aliphatic rings. The third-order valence-electron chi connectivity index (χ3n) is 5.04. The number of nitrogens with one attached hydrogen (secondary N) is 1. The van der Waals surface area contributed by atoms with Crippen LogP contribution in [-0.2, 0) is 9.59 Å². The molecule has 0 atom stereocenters. The number of rotatable bonds is 4. The van der Waals surface area contributed by atoms with Gasteiger partial charge in [-0.15, -0.1) is 6.42 Å². The van der Waals surface area contributed by atoms with Crippen LogP contribution in [0.15, 0.2) is 60.2 Å². The predicted molar refractivity (Wildman–Crippen MR) is 123 cm³/mol. The monoisotopic (exact) mass is 444 g/mol. The van der Waals surface area contributed by atoms with Crippen LogP contribution in [-0.4, -0.2) is 24.5 Å². The van der Waals surface area contributed by atoms with Crippen LogP contribution in [0.2, 0.25) is 5.02 Å². The Balaban J connectivity index is 1.88. The van der Waals surface area contributed by atoms with Gasteiger partial charge in [-0.3, -0.25) is 14.9 Å². The quantitative estimate of drug-likeness (QED) is 0.365. The molecule has 1 N–H and O–H groups in total. The molecule has 0 aliphatic carbocycles.